The SMILES string of the molecule is O=C1CC(O)C(=O)OC(=O)C(O)CC(=O)O1. The van der Waals surface area contributed by atoms with Crippen LogP contribution in [0.25, 0.3) is 0 Å². The normalized spacial score (nSPS) is 28.4. The van der Waals surface area contributed by atoms with Crippen molar-refractivity contribution in [2.75, 3.05) is 0 Å². The van der Waals surface area contributed by atoms with Gasteiger partial charge in [0.05, 0.1) is 12.8 Å². The van der Waals surface area contributed by atoms with E-state index in [1.54, 1.807) is 0 Å². The standard InChI is InChI=1S/C8H8O8/c9-3-1-5(11)15-6(12)2-4(10)8(14)16-7(3)13/h3-4,9-10H,1-2H2. The molecule has 0 amide bonds. The Labute approximate surface area is 88.7 Å². The minimum atomic E-state index is -1.91. The van der Waals surface area contributed by atoms with Crippen LogP contribution in [-0.2, 0) is 28.7 Å². The smallest absolute Gasteiger partial charge is 0.343 e. The van der Waals surface area contributed by atoms with Crippen LogP contribution in [0, 0.1) is 0 Å². The summed E-state index contributed by atoms with van der Waals surface area (Å²) in [7, 11) is 0. The predicted octanol–water partition coefficient (Wildman–Crippen LogP) is -2.36. The van der Waals surface area contributed by atoms with Crippen molar-refractivity contribution in [3.8, 4) is 0 Å². The summed E-state index contributed by atoms with van der Waals surface area (Å²) in [6, 6.07) is 0. The summed E-state index contributed by atoms with van der Waals surface area (Å²) in [4.78, 5) is 43.6. The highest BCUT2D eigenvalue weighted by Crippen LogP contribution is 2.06. The lowest BCUT2D eigenvalue weighted by Gasteiger charge is -2.14. The van der Waals surface area contributed by atoms with Gasteiger partial charge in [-0.1, -0.05) is 0 Å². The lowest BCUT2D eigenvalue weighted by Crippen LogP contribution is -2.36. The van der Waals surface area contributed by atoms with Gasteiger partial charge in [0.25, 0.3) is 0 Å². The fourth-order valence-corrected chi connectivity index (χ4v) is 0.928. The summed E-state index contributed by atoms with van der Waals surface area (Å²) in [6.07, 6.45) is -5.41. The molecule has 1 saturated heterocycles. The Hall–Kier alpha value is -1.80. The topological polar surface area (TPSA) is 127 Å². The molecule has 88 valence electrons. The molecule has 0 saturated carbocycles. The Morgan fingerprint density at radius 1 is 0.812 bits per heavy atom. The average Bonchev–Trinajstić information content (AvgIpc) is 2.15. The summed E-state index contributed by atoms with van der Waals surface area (Å²) in [5, 5.41) is 18.1. The second-order valence-corrected chi connectivity index (χ2v) is 3.03. The molecule has 0 spiro atoms. The maximum absolute atomic E-state index is 10.9. The molecule has 0 bridgehead atoms. The zero-order valence-electron chi connectivity index (χ0n) is 7.91. The first-order valence-electron chi connectivity index (χ1n) is 4.25. The lowest BCUT2D eigenvalue weighted by molar-refractivity contribution is -0.180. The molecule has 1 aliphatic heterocycles. The van der Waals surface area contributed by atoms with Crippen molar-refractivity contribution >= 4 is 23.9 Å². The first kappa shape index (κ1) is 12.3. The first-order valence-corrected chi connectivity index (χ1v) is 4.25. The summed E-state index contributed by atoms with van der Waals surface area (Å²) in [5.74, 6) is -5.04. The molecule has 1 rings (SSSR count). The second kappa shape index (κ2) is 4.81. The maximum Gasteiger partial charge on any atom is 0.343 e. The Morgan fingerprint density at radius 3 is 1.56 bits per heavy atom. The van der Waals surface area contributed by atoms with E-state index in [9.17, 15) is 19.2 Å². The highest BCUT2D eigenvalue weighted by Gasteiger charge is 2.31. The molecular weight excluding hydrogens is 224 g/mol. The molecule has 0 aromatic rings. The molecule has 1 fully saturated rings. The van der Waals surface area contributed by atoms with Crippen molar-refractivity contribution in [2.45, 2.75) is 25.0 Å². The first-order chi connectivity index (χ1) is 7.40. The number of aliphatic hydroxyl groups excluding tert-OH is 2. The van der Waals surface area contributed by atoms with Gasteiger partial charge in [-0.2, -0.15) is 0 Å². The summed E-state index contributed by atoms with van der Waals surface area (Å²) in [6.45, 7) is 0. The van der Waals surface area contributed by atoms with Crippen LogP contribution in [0.4, 0.5) is 0 Å². The molecule has 1 aliphatic rings. The zero-order valence-corrected chi connectivity index (χ0v) is 7.91. The molecule has 0 aromatic carbocycles. The third-order valence-electron chi connectivity index (χ3n) is 1.69. The highest BCUT2D eigenvalue weighted by atomic mass is 16.6. The summed E-state index contributed by atoms with van der Waals surface area (Å²) < 4.78 is 8.12. The van der Waals surface area contributed by atoms with Crippen LogP contribution < -0.4 is 0 Å². The van der Waals surface area contributed by atoms with E-state index in [-0.39, 0.29) is 0 Å². The average molecular weight is 232 g/mol. The lowest BCUT2D eigenvalue weighted by atomic mass is 10.2. The molecule has 2 atom stereocenters. The largest absolute Gasteiger partial charge is 0.393 e. The molecule has 0 aromatic heterocycles. The fraction of sp³-hybridized carbons (Fsp3) is 0.500. The molecule has 8 nitrogen and oxygen atoms in total. The third kappa shape index (κ3) is 3.11. The Bertz CT molecular complexity index is 314. The van der Waals surface area contributed by atoms with E-state index in [4.69, 9.17) is 10.2 Å². The van der Waals surface area contributed by atoms with Crippen LogP contribution >= 0.6 is 0 Å². The van der Waals surface area contributed by atoms with Crippen molar-refractivity contribution in [1.82, 2.24) is 0 Å². The molecular formula is C8H8O8. The number of cyclic esters (lactones) is 4. The quantitative estimate of drug-likeness (QED) is 0.350. The number of esters is 4. The molecule has 0 radical (unpaired) electrons. The number of rotatable bonds is 0. The van der Waals surface area contributed by atoms with Gasteiger partial charge in [-0.25, -0.2) is 9.59 Å². The van der Waals surface area contributed by atoms with Crippen LogP contribution in [0.3, 0.4) is 0 Å². The Balaban J connectivity index is 2.82. The van der Waals surface area contributed by atoms with E-state index in [1.165, 1.54) is 0 Å². The molecule has 2 N–H and O–H groups in total. The van der Waals surface area contributed by atoms with Crippen LogP contribution in [-0.4, -0.2) is 46.3 Å². The van der Waals surface area contributed by atoms with Gasteiger partial charge in [0.2, 0.25) is 0 Å². The summed E-state index contributed by atoms with van der Waals surface area (Å²) in [5.41, 5.74) is 0. The molecule has 8 heteroatoms. The highest BCUT2D eigenvalue weighted by molar-refractivity contribution is 5.96. The molecule has 0 aliphatic carbocycles. The van der Waals surface area contributed by atoms with E-state index in [0.717, 1.165) is 0 Å². The van der Waals surface area contributed by atoms with E-state index in [1.807, 2.05) is 0 Å². The number of aliphatic hydroxyl groups is 2. The van der Waals surface area contributed by atoms with E-state index in [0.29, 0.717) is 0 Å². The van der Waals surface area contributed by atoms with Crippen molar-refractivity contribution in [3.05, 3.63) is 0 Å². The van der Waals surface area contributed by atoms with Gasteiger partial charge in [0.1, 0.15) is 0 Å². The predicted molar refractivity (Wildman–Crippen MR) is 43.4 cm³/mol. The van der Waals surface area contributed by atoms with Crippen LogP contribution in [0.15, 0.2) is 0 Å². The van der Waals surface area contributed by atoms with Gasteiger partial charge in [-0.05, 0) is 0 Å². The second-order valence-electron chi connectivity index (χ2n) is 3.03. The van der Waals surface area contributed by atoms with Gasteiger partial charge in [0, 0.05) is 0 Å². The zero-order chi connectivity index (χ0) is 12.3. The van der Waals surface area contributed by atoms with Crippen molar-refractivity contribution < 1.29 is 38.9 Å². The summed E-state index contributed by atoms with van der Waals surface area (Å²) >= 11 is 0. The van der Waals surface area contributed by atoms with E-state index < -0.39 is 48.9 Å². The Morgan fingerprint density at radius 2 is 1.19 bits per heavy atom. The number of carbonyl (C=O) groups excluding carboxylic acids is 4. The third-order valence-corrected chi connectivity index (χ3v) is 1.69. The van der Waals surface area contributed by atoms with Crippen molar-refractivity contribution in [3.63, 3.8) is 0 Å². The van der Waals surface area contributed by atoms with Crippen LogP contribution in [0.5, 0.6) is 0 Å². The monoisotopic (exact) mass is 232 g/mol. The van der Waals surface area contributed by atoms with Crippen LogP contribution in [0.1, 0.15) is 12.8 Å². The van der Waals surface area contributed by atoms with Crippen LogP contribution in [0.2, 0.25) is 0 Å². The fourth-order valence-electron chi connectivity index (χ4n) is 0.928. The maximum atomic E-state index is 10.9. The van der Waals surface area contributed by atoms with Gasteiger partial charge >= 0.3 is 23.9 Å². The molecule has 16 heavy (non-hydrogen) atoms. The van der Waals surface area contributed by atoms with Crippen molar-refractivity contribution in [2.24, 2.45) is 0 Å². The number of hydrogen-bond donors (Lipinski definition) is 2. The van der Waals surface area contributed by atoms with Gasteiger partial charge in [-0.15, -0.1) is 0 Å². The van der Waals surface area contributed by atoms with Crippen molar-refractivity contribution in [1.29, 1.82) is 0 Å². The minimum absolute atomic E-state index is 0.798. The number of hydrogen-bond acceptors (Lipinski definition) is 8. The number of ether oxygens (including phenoxy) is 2. The van der Waals surface area contributed by atoms with Gasteiger partial charge in [-0.3, -0.25) is 9.59 Å². The molecule has 1 heterocycles. The van der Waals surface area contributed by atoms with E-state index >= 15 is 0 Å². The Kier molecular flexibility index (Phi) is 3.69. The van der Waals surface area contributed by atoms with Gasteiger partial charge < -0.3 is 19.7 Å². The van der Waals surface area contributed by atoms with Gasteiger partial charge in [0.15, 0.2) is 12.2 Å². The van der Waals surface area contributed by atoms with E-state index in [2.05, 4.69) is 9.47 Å². The number of carbonyl (C=O) groups is 4. The minimum Gasteiger partial charge on any atom is -0.393 e. The molecule has 2 unspecified atom stereocenters.